The van der Waals surface area contributed by atoms with Crippen molar-refractivity contribution in [3.05, 3.63) is 41.2 Å². The summed E-state index contributed by atoms with van der Waals surface area (Å²) < 4.78 is 13.6. The van der Waals surface area contributed by atoms with Gasteiger partial charge in [0.15, 0.2) is 0 Å². The summed E-state index contributed by atoms with van der Waals surface area (Å²) in [5.41, 5.74) is 0.422. The molecule has 0 fully saturated rings. The second kappa shape index (κ2) is 5.27. The summed E-state index contributed by atoms with van der Waals surface area (Å²) in [4.78, 5) is 16.3. The predicted molar refractivity (Wildman–Crippen MR) is 70.1 cm³/mol. The van der Waals surface area contributed by atoms with E-state index in [0.717, 1.165) is 0 Å². The van der Waals surface area contributed by atoms with Crippen LogP contribution < -0.4 is 5.32 Å². The first kappa shape index (κ1) is 12.7. The van der Waals surface area contributed by atoms with Gasteiger partial charge in [-0.3, -0.25) is 4.79 Å². The van der Waals surface area contributed by atoms with Crippen LogP contribution in [0.25, 0.3) is 10.6 Å². The Hall–Kier alpha value is -1.75. The van der Waals surface area contributed by atoms with Crippen LogP contribution >= 0.6 is 11.3 Å². The van der Waals surface area contributed by atoms with E-state index < -0.39 is 0 Å². The lowest BCUT2D eigenvalue weighted by Gasteiger charge is -2.05. The van der Waals surface area contributed by atoms with E-state index in [0.29, 0.717) is 15.4 Å². The van der Waals surface area contributed by atoms with E-state index in [2.05, 4.69) is 10.3 Å². The highest BCUT2D eigenvalue weighted by molar-refractivity contribution is 7.16. The van der Waals surface area contributed by atoms with Crippen LogP contribution in [0.2, 0.25) is 0 Å². The normalized spacial score (nSPS) is 10.7. The number of amides is 1. The minimum Gasteiger partial charge on any atom is -0.349 e. The van der Waals surface area contributed by atoms with Crippen LogP contribution in [0.4, 0.5) is 4.39 Å². The summed E-state index contributed by atoms with van der Waals surface area (Å²) in [6.45, 7) is 3.77. The van der Waals surface area contributed by atoms with Gasteiger partial charge < -0.3 is 5.32 Å². The number of thiazole rings is 1. The molecule has 3 nitrogen and oxygen atoms in total. The number of carbonyl (C=O) groups is 1. The largest absolute Gasteiger partial charge is 0.349 e. The topological polar surface area (TPSA) is 42.0 Å². The van der Waals surface area contributed by atoms with Gasteiger partial charge in [0.05, 0.1) is 6.20 Å². The van der Waals surface area contributed by atoms with E-state index >= 15 is 0 Å². The van der Waals surface area contributed by atoms with E-state index in [1.54, 1.807) is 18.2 Å². The van der Waals surface area contributed by atoms with Crippen LogP contribution in [0.3, 0.4) is 0 Å². The Labute approximate surface area is 109 Å². The molecule has 1 aromatic carbocycles. The molecule has 0 bridgehead atoms. The van der Waals surface area contributed by atoms with E-state index in [-0.39, 0.29) is 17.8 Å². The molecule has 0 aliphatic heterocycles. The molecule has 18 heavy (non-hydrogen) atoms. The Balaban J connectivity index is 2.26. The third-order valence-electron chi connectivity index (χ3n) is 2.25. The number of carbonyl (C=O) groups excluding carboxylic acids is 1. The third-order valence-corrected chi connectivity index (χ3v) is 3.28. The number of hydrogen-bond acceptors (Lipinski definition) is 3. The number of aromatic nitrogens is 1. The van der Waals surface area contributed by atoms with Crippen molar-refractivity contribution in [1.29, 1.82) is 0 Å². The molecule has 5 heteroatoms. The van der Waals surface area contributed by atoms with Gasteiger partial charge in [-0.05, 0) is 26.0 Å². The van der Waals surface area contributed by atoms with Gasteiger partial charge in [-0.15, -0.1) is 11.3 Å². The van der Waals surface area contributed by atoms with Crippen molar-refractivity contribution in [3.8, 4) is 10.6 Å². The third kappa shape index (κ3) is 2.73. The fourth-order valence-corrected chi connectivity index (χ4v) is 2.32. The van der Waals surface area contributed by atoms with Crippen molar-refractivity contribution in [2.75, 3.05) is 0 Å². The summed E-state index contributed by atoms with van der Waals surface area (Å²) in [5.74, 6) is -0.507. The fraction of sp³-hybridized carbons (Fsp3) is 0.231. The molecule has 1 N–H and O–H groups in total. The molecule has 2 rings (SSSR count). The number of hydrogen-bond donors (Lipinski definition) is 1. The van der Waals surface area contributed by atoms with Gasteiger partial charge in [-0.1, -0.05) is 12.1 Å². The van der Waals surface area contributed by atoms with Gasteiger partial charge in [-0.25, -0.2) is 9.37 Å². The Morgan fingerprint density at radius 3 is 2.78 bits per heavy atom. The molecule has 1 aromatic heterocycles. The van der Waals surface area contributed by atoms with Gasteiger partial charge in [0.1, 0.15) is 15.7 Å². The van der Waals surface area contributed by atoms with Gasteiger partial charge in [-0.2, -0.15) is 0 Å². The van der Waals surface area contributed by atoms with Crippen LogP contribution in [-0.4, -0.2) is 16.9 Å². The maximum absolute atomic E-state index is 13.6. The minimum atomic E-state index is -0.331. The molecule has 1 heterocycles. The number of halogens is 1. The molecule has 0 aliphatic rings. The molecule has 2 aromatic rings. The lowest BCUT2D eigenvalue weighted by molar-refractivity contribution is 0.0947. The molecular formula is C13H13FN2OS. The summed E-state index contributed by atoms with van der Waals surface area (Å²) in [6.07, 6.45) is 1.48. The quantitative estimate of drug-likeness (QED) is 0.925. The Morgan fingerprint density at radius 1 is 1.39 bits per heavy atom. The first-order valence-electron chi connectivity index (χ1n) is 5.59. The molecule has 1 amide bonds. The number of rotatable bonds is 3. The van der Waals surface area contributed by atoms with Crippen molar-refractivity contribution in [2.24, 2.45) is 0 Å². The smallest absolute Gasteiger partial charge is 0.263 e. The summed E-state index contributed by atoms with van der Waals surface area (Å²) in [7, 11) is 0. The van der Waals surface area contributed by atoms with Gasteiger partial charge in [0.25, 0.3) is 5.91 Å². The standard InChI is InChI=1S/C13H13FN2OS/c1-8(2)16-12(17)11-7-15-13(18-11)9-5-3-4-6-10(9)14/h3-8H,1-2H3,(H,16,17). The van der Waals surface area contributed by atoms with Gasteiger partial charge in [0, 0.05) is 11.6 Å². The summed E-state index contributed by atoms with van der Waals surface area (Å²) in [5, 5.41) is 3.29. The van der Waals surface area contributed by atoms with Gasteiger partial charge >= 0.3 is 0 Å². The lowest BCUT2D eigenvalue weighted by atomic mass is 10.2. The molecule has 0 radical (unpaired) electrons. The SMILES string of the molecule is CC(C)NC(=O)c1cnc(-c2ccccc2F)s1. The highest BCUT2D eigenvalue weighted by Crippen LogP contribution is 2.27. The van der Waals surface area contributed by atoms with Crippen LogP contribution in [0.5, 0.6) is 0 Å². The first-order valence-corrected chi connectivity index (χ1v) is 6.41. The molecule has 0 saturated heterocycles. The Bertz CT molecular complexity index is 566. The van der Waals surface area contributed by atoms with Crippen LogP contribution in [0.1, 0.15) is 23.5 Å². The average molecular weight is 264 g/mol. The van der Waals surface area contributed by atoms with Crippen LogP contribution in [0, 0.1) is 5.82 Å². The zero-order valence-corrected chi connectivity index (χ0v) is 10.9. The maximum Gasteiger partial charge on any atom is 0.263 e. The number of nitrogens with zero attached hydrogens (tertiary/aromatic N) is 1. The second-order valence-corrected chi connectivity index (χ2v) is 5.17. The van der Waals surface area contributed by atoms with E-state index in [1.165, 1.54) is 23.6 Å². The first-order chi connectivity index (χ1) is 8.58. The van der Waals surface area contributed by atoms with Gasteiger partial charge in [0.2, 0.25) is 0 Å². The van der Waals surface area contributed by atoms with E-state index in [1.807, 2.05) is 13.8 Å². The highest BCUT2D eigenvalue weighted by Gasteiger charge is 2.14. The van der Waals surface area contributed by atoms with Crippen molar-refractivity contribution < 1.29 is 9.18 Å². The van der Waals surface area contributed by atoms with Crippen LogP contribution in [-0.2, 0) is 0 Å². The molecular weight excluding hydrogens is 251 g/mol. The molecule has 0 atom stereocenters. The molecule has 0 spiro atoms. The maximum atomic E-state index is 13.6. The van der Waals surface area contributed by atoms with E-state index in [9.17, 15) is 9.18 Å². The van der Waals surface area contributed by atoms with Crippen molar-refractivity contribution in [1.82, 2.24) is 10.3 Å². The van der Waals surface area contributed by atoms with Crippen molar-refractivity contribution >= 4 is 17.2 Å². The molecule has 94 valence electrons. The summed E-state index contributed by atoms with van der Waals surface area (Å²) >= 11 is 1.19. The zero-order chi connectivity index (χ0) is 13.1. The average Bonchev–Trinajstić information content (AvgIpc) is 2.78. The monoisotopic (exact) mass is 264 g/mol. The van der Waals surface area contributed by atoms with Crippen LogP contribution in [0.15, 0.2) is 30.5 Å². The second-order valence-electron chi connectivity index (χ2n) is 4.14. The number of benzene rings is 1. The Kier molecular flexibility index (Phi) is 3.72. The summed E-state index contributed by atoms with van der Waals surface area (Å²) in [6, 6.07) is 6.46. The molecule has 0 unspecified atom stereocenters. The van der Waals surface area contributed by atoms with Crippen molar-refractivity contribution in [3.63, 3.8) is 0 Å². The minimum absolute atomic E-state index is 0.0662. The number of nitrogens with one attached hydrogen (secondary N) is 1. The molecule has 0 saturated carbocycles. The Morgan fingerprint density at radius 2 is 2.11 bits per heavy atom. The van der Waals surface area contributed by atoms with Crippen molar-refractivity contribution in [2.45, 2.75) is 19.9 Å². The highest BCUT2D eigenvalue weighted by atomic mass is 32.1. The lowest BCUT2D eigenvalue weighted by Crippen LogP contribution is -2.29. The predicted octanol–water partition coefficient (Wildman–Crippen LogP) is 3.09. The zero-order valence-electron chi connectivity index (χ0n) is 10.1. The van der Waals surface area contributed by atoms with E-state index in [4.69, 9.17) is 0 Å². The molecule has 0 aliphatic carbocycles. The fourth-order valence-electron chi connectivity index (χ4n) is 1.47.